The first-order valence-electron chi connectivity index (χ1n) is 10.9. The second-order valence-electron chi connectivity index (χ2n) is 10.0. The molecule has 0 saturated heterocycles. The molecule has 0 aliphatic rings. The van der Waals surface area contributed by atoms with Crippen molar-refractivity contribution in [2.75, 3.05) is 0 Å². The first-order valence-corrected chi connectivity index (χ1v) is 22.4. The van der Waals surface area contributed by atoms with Crippen molar-refractivity contribution in [3.8, 4) is 0 Å². The molecule has 0 aliphatic carbocycles. The number of rotatable bonds is 13. The first kappa shape index (κ1) is 25.6. The van der Waals surface area contributed by atoms with Gasteiger partial charge in [0.2, 0.25) is 0 Å². The van der Waals surface area contributed by atoms with Crippen LogP contribution in [0.1, 0.15) is 80.1 Å². The molecule has 0 spiro atoms. The summed E-state index contributed by atoms with van der Waals surface area (Å²) in [6.07, 6.45) is 11.0. The molecule has 0 bridgehead atoms. The van der Waals surface area contributed by atoms with Crippen molar-refractivity contribution < 1.29 is 4.43 Å². The van der Waals surface area contributed by atoms with Crippen molar-refractivity contribution in [2.24, 2.45) is 5.41 Å². The van der Waals surface area contributed by atoms with Crippen molar-refractivity contribution >= 4 is 26.7 Å². The van der Waals surface area contributed by atoms with E-state index in [0.717, 1.165) is 0 Å². The van der Waals surface area contributed by atoms with Gasteiger partial charge < -0.3 is 0 Å². The van der Waals surface area contributed by atoms with Crippen LogP contribution in [0.3, 0.4) is 0 Å². The van der Waals surface area contributed by atoms with Crippen LogP contribution in [0.4, 0.5) is 0 Å². The van der Waals surface area contributed by atoms with Gasteiger partial charge in [-0.15, -0.1) is 0 Å². The molecule has 0 saturated carbocycles. The fourth-order valence-electron chi connectivity index (χ4n) is 3.48. The van der Waals surface area contributed by atoms with E-state index in [2.05, 4.69) is 67.3 Å². The minimum atomic E-state index is -2.09. The molecular formula is C22H48OSiSn. The van der Waals surface area contributed by atoms with Crippen LogP contribution in [0.2, 0.25) is 37.4 Å². The third-order valence-corrected chi connectivity index (χ3v) is 21.1. The van der Waals surface area contributed by atoms with Crippen LogP contribution in [0.5, 0.6) is 0 Å². The molecule has 0 radical (unpaired) electrons. The Morgan fingerprint density at radius 3 is 1.52 bits per heavy atom. The molecule has 0 fully saturated rings. The van der Waals surface area contributed by atoms with Crippen LogP contribution in [-0.4, -0.2) is 26.7 Å². The van der Waals surface area contributed by atoms with Crippen LogP contribution >= 0.6 is 0 Å². The van der Waals surface area contributed by atoms with Crippen molar-refractivity contribution in [1.82, 2.24) is 0 Å². The zero-order valence-corrected chi connectivity index (χ0v) is 22.9. The van der Waals surface area contributed by atoms with Gasteiger partial charge in [0, 0.05) is 0 Å². The van der Waals surface area contributed by atoms with E-state index in [1.807, 2.05) is 0 Å². The van der Waals surface area contributed by atoms with E-state index in [1.165, 1.54) is 48.7 Å². The SMILES string of the molecule is CCC[CH2][Sn]([CH2]/C=C(\O[Si](C)(C)C)C(C)(C)C)([CH2]CCC)[CH2]CCC. The Hall–Kier alpha value is 0.556. The summed E-state index contributed by atoms with van der Waals surface area (Å²) in [6.45, 7) is 21.0. The molecule has 0 unspecified atom stereocenters. The molecule has 0 aromatic carbocycles. The summed E-state index contributed by atoms with van der Waals surface area (Å²) >= 11 is -2.09. The van der Waals surface area contributed by atoms with Crippen molar-refractivity contribution in [1.29, 1.82) is 0 Å². The Labute approximate surface area is 165 Å². The van der Waals surface area contributed by atoms with Crippen LogP contribution in [-0.2, 0) is 4.43 Å². The molecule has 0 atom stereocenters. The molecule has 1 nitrogen and oxygen atoms in total. The van der Waals surface area contributed by atoms with E-state index in [4.69, 9.17) is 4.43 Å². The average molecular weight is 475 g/mol. The molecule has 0 amide bonds. The average Bonchev–Trinajstić information content (AvgIpc) is 2.50. The Morgan fingerprint density at radius 2 is 1.24 bits per heavy atom. The quantitative estimate of drug-likeness (QED) is 0.191. The van der Waals surface area contributed by atoms with E-state index < -0.39 is 26.7 Å². The summed E-state index contributed by atoms with van der Waals surface area (Å²) in [7, 11) is -1.55. The van der Waals surface area contributed by atoms with Gasteiger partial charge in [-0.25, -0.2) is 0 Å². The normalized spacial score (nSPS) is 14.0. The molecule has 25 heavy (non-hydrogen) atoms. The first-order chi connectivity index (χ1) is 11.5. The van der Waals surface area contributed by atoms with Gasteiger partial charge >= 0.3 is 166 Å². The van der Waals surface area contributed by atoms with E-state index in [9.17, 15) is 0 Å². The fourth-order valence-corrected chi connectivity index (χ4v) is 19.6. The number of hydrogen-bond donors (Lipinski definition) is 0. The zero-order chi connectivity index (χ0) is 19.6. The van der Waals surface area contributed by atoms with Gasteiger partial charge in [-0.3, -0.25) is 0 Å². The Balaban J connectivity index is 5.50. The van der Waals surface area contributed by atoms with Gasteiger partial charge in [0.05, 0.1) is 0 Å². The monoisotopic (exact) mass is 476 g/mol. The molecule has 0 aliphatic heterocycles. The molecular weight excluding hydrogens is 427 g/mol. The predicted molar refractivity (Wildman–Crippen MR) is 122 cm³/mol. The van der Waals surface area contributed by atoms with Crippen molar-refractivity contribution in [2.45, 2.75) is 117 Å². The summed E-state index contributed by atoms with van der Waals surface area (Å²) in [5.74, 6) is 1.29. The number of unbranched alkanes of at least 4 members (excludes halogenated alkanes) is 3. The Bertz CT molecular complexity index is 355. The van der Waals surface area contributed by atoms with Crippen LogP contribution in [0, 0.1) is 5.41 Å². The predicted octanol–water partition coefficient (Wildman–Crippen LogP) is 8.62. The van der Waals surface area contributed by atoms with Gasteiger partial charge in [0.15, 0.2) is 0 Å². The van der Waals surface area contributed by atoms with E-state index in [-0.39, 0.29) is 5.41 Å². The molecule has 0 heterocycles. The van der Waals surface area contributed by atoms with E-state index in [0.29, 0.717) is 0 Å². The zero-order valence-electron chi connectivity index (χ0n) is 19.1. The third-order valence-electron chi connectivity index (χ3n) is 5.06. The van der Waals surface area contributed by atoms with E-state index in [1.54, 1.807) is 13.3 Å². The van der Waals surface area contributed by atoms with Gasteiger partial charge in [-0.1, -0.05) is 0 Å². The maximum absolute atomic E-state index is 6.54. The summed E-state index contributed by atoms with van der Waals surface area (Å²) < 4.78 is 12.7. The standard InChI is InChI=1S/C10H21OSi.3C4H9.Sn/c1-8-9(10(2,3)4)11-12(5,6)7;3*1-3-4-2;/h8H,1H2,2-7H3;3*1,3-4H2,2H3;/b9-8-;;;;. The Kier molecular flexibility index (Phi) is 12.4. The summed E-state index contributed by atoms with van der Waals surface area (Å²) in [5, 5.41) is 0. The molecule has 3 heteroatoms. The van der Waals surface area contributed by atoms with Crippen LogP contribution in [0.15, 0.2) is 11.8 Å². The molecule has 150 valence electrons. The third kappa shape index (κ3) is 11.8. The molecule has 0 N–H and O–H groups in total. The number of allylic oxidation sites excluding steroid dienone is 2. The molecule has 0 rings (SSSR count). The summed E-state index contributed by atoms with van der Waals surface area (Å²) in [5.41, 5.74) is 0.137. The van der Waals surface area contributed by atoms with Gasteiger partial charge in [0.25, 0.3) is 0 Å². The van der Waals surface area contributed by atoms with Gasteiger partial charge in [-0.2, -0.15) is 0 Å². The fraction of sp³-hybridized carbons (Fsp3) is 0.909. The summed E-state index contributed by atoms with van der Waals surface area (Å²) in [4.78, 5) is 0. The summed E-state index contributed by atoms with van der Waals surface area (Å²) in [6, 6.07) is 0. The van der Waals surface area contributed by atoms with Gasteiger partial charge in [-0.05, 0) is 0 Å². The topological polar surface area (TPSA) is 9.23 Å². The van der Waals surface area contributed by atoms with Crippen molar-refractivity contribution in [3.05, 3.63) is 11.8 Å². The van der Waals surface area contributed by atoms with Crippen LogP contribution < -0.4 is 0 Å². The minimum absolute atomic E-state index is 0.137. The number of hydrogen-bond acceptors (Lipinski definition) is 1. The van der Waals surface area contributed by atoms with Gasteiger partial charge in [0.1, 0.15) is 0 Å². The maximum atomic E-state index is 6.54. The molecule has 0 aromatic rings. The Morgan fingerprint density at radius 1 is 0.840 bits per heavy atom. The van der Waals surface area contributed by atoms with Crippen LogP contribution in [0.25, 0.3) is 0 Å². The molecule has 0 aromatic heterocycles. The second-order valence-corrected chi connectivity index (χ2v) is 28.5. The van der Waals surface area contributed by atoms with E-state index >= 15 is 0 Å². The second kappa shape index (κ2) is 12.1. The van der Waals surface area contributed by atoms with Crippen molar-refractivity contribution in [3.63, 3.8) is 0 Å².